The molecule has 3 atom stereocenters. The van der Waals surface area contributed by atoms with Crippen LogP contribution in [-0.4, -0.2) is 47.2 Å². The minimum absolute atomic E-state index is 0.136. The molecule has 0 radical (unpaired) electrons. The average Bonchev–Trinajstić information content (AvgIpc) is 2.57. The largest absolute Gasteiger partial charge is 0.326 e. The normalized spacial score (nSPS) is 39.7. The molecule has 5 nitrogen and oxygen atoms in total. The van der Waals surface area contributed by atoms with Crippen LogP contribution in [0.25, 0.3) is 0 Å². The molecule has 1 amide bonds. The van der Waals surface area contributed by atoms with E-state index in [2.05, 4.69) is 12.2 Å². The van der Waals surface area contributed by atoms with E-state index in [9.17, 15) is 4.79 Å². The third-order valence-electron chi connectivity index (χ3n) is 3.35. The quantitative estimate of drug-likeness (QED) is 0.758. The Morgan fingerprint density at radius 2 is 2.25 bits per heavy atom. The molecular weight excluding hydrogens is 228 g/mol. The van der Waals surface area contributed by atoms with Gasteiger partial charge in [0.15, 0.2) is 6.79 Å². The Labute approximate surface area is 98.8 Å². The summed E-state index contributed by atoms with van der Waals surface area (Å²) in [6.45, 7) is 2.45. The number of nitrogens with one attached hydrogen (secondary N) is 1. The maximum Gasteiger partial charge on any atom is 0.241 e. The van der Waals surface area contributed by atoms with Crippen LogP contribution >= 0.6 is 11.8 Å². The monoisotopic (exact) mass is 244 g/mol. The molecule has 0 aromatic heterocycles. The second-order valence-electron chi connectivity index (χ2n) is 4.46. The average molecular weight is 244 g/mol. The molecule has 0 spiro atoms. The van der Waals surface area contributed by atoms with E-state index >= 15 is 0 Å². The zero-order valence-corrected chi connectivity index (χ0v) is 10.0. The standard InChI is InChI=1S/C10H16N2O3S/c1-6-4-16-8-3-2-7(9(13)12(6)8)11-10-14-5-15-10/h6-8,10-11H,2-5H2,1H3/t6-,7+,8+/m1/s1. The van der Waals surface area contributed by atoms with Gasteiger partial charge in [-0.1, -0.05) is 0 Å². The lowest BCUT2D eigenvalue weighted by molar-refractivity contribution is -0.335. The van der Waals surface area contributed by atoms with Gasteiger partial charge < -0.3 is 14.4 Å². The number of fused-ring (bicyclic) bond motifs is 1. The summed E-state index contributed by atoms with van der Waals surface area (Å²) >= 11 is 1.89. The highest BCUT2D eigenvalue weighted by Gasteiger charge is 2.43. The summed E-state index contributed by atoms with van der Waals surface area (Å²) in [4.78, 5) is 14.3. The highest BCUT2D eigenvalue weighted by Crippen LogP contribution is 2.36. The van der Waals surface area contributed by atoms with Gasteiger partial charge in [0.2, 0.25) is 12.3 Å². The van der Waals surface area contributed by atoms with Gasteiger partial charge in [0, 0.05) is 11.8 Å². The Hall–Kier alpha value is -0.300. The molecular formula is C10H16N2O3S. The van der Waals surface area contributed by atoms with Crippen LogP contribution in [0.2, 0.25) is 0 Å². The third kappa shape index (κ3) is 1.73. The van der Waals surface area contributed by atoms with E-state index in [1.54, 1.807) is 0 Å². The molecule has 0 saturated carbocycles. The van der Waals surface area contributed by atoms with Crippen LogP contribution in [0.15, 0.2) is 0 Å². The lowest BCUT2D eigenvalue weighted by Gasteiger charge is -2.39. The predicted molar refractivity (Wildman–Crippen MR) is 59.5 cm³/mol. The Balaban J connectivity index is 1.65. The van der Waals surface area contributed by atoms with E-state index in [4.69, 9.17) is 9.47 Å². The molecule has 0 aromatic rings. The Kier molecular flexibility index (Phi) is 2.83. The first kappa shape index (κ1) is 10.8. The van der Waals surface area contributed by atoms with Gasteiger partial charge >= 0.3 is 0 Å². The van der Waals surface area contributed by atoms with Crippen molar-refractivity contribution in [2.75, 3.05) is 12.5 Å². The lowest BCUT2D eigenvalue weighted by Crippen LogP contribution is -2.59. The smallest absolute Gasteiger partial charge is 0.241 e. The predicted octanol–water partition coefficient (Wildman–Crippen LogP) is 0.316. The van der Waals surface area contributed by atoms with E-state index in [0.29, 0.717) is 18.2 Å². The molecule has 0 bridgehead atoms. The molecule has 0 aromatic carbocycles. The minimum atomic E-state index is -0.379. The van der Waals surface area contributed by atoms with Crippen molar-refractivity contribution in [2.45, 2.75) is 43.6 Å². The number of nitrogens with zero attached hydrogens (tertiary/aromatic N) is 1. The number of rotatable bonds is 2. The second-order valence-corrected chi connectivity index (χ2v) is 5.67. The maximum absolute atomic E-state index is 12.2. The molecule has 90 valence electrons. The van der Waals surface area contributed by atoms with Crippen molar-refractivity contribution in [1.29, 1.82) is 0 Å². The van der Waals surface area contributed by atoms with Gasteiger partial charge in [0.1, 0.15) is 0 Å². The number of carbonyl (C=O) groups is 1. The fraction of sp³-hybridized carbons (Fsp3) is 0.900. The van der Waals surface area contributed by atoms with Crippen LogP contribution in [0.4, 0.5) is 0 Å². The molecule has 3 saturated heterocycles. The number of carbonyl (C=O) groups excluding carboxylic acids is 1. The van der Waals surface area contributed by atoms with Crippen LogP contribution in [0.3, 0.4) is 0 Å². The van der Waals surface area contributed by atoms with Crippen molar-refractivity contribution in [3.8, 4) is 0 Å². The lowest BCUT2D eigenvalue weighted by atomic mass is 10.0. The topological polar surface area (TPSA) is 50.8 Å². The van der Waals surface area contributed by atoms with E-state index in [1.807, 2.05) is 16.7 Å². The van der Waals surface area contributed by atoms with Gasteiger partial charge in [-0.05, 0) is 19.8 Å². The van der Waals surface area contributed by atoms with Crippen LogP contribution in [0, 0.1) is 0 Å². The van der Waals surface area contributed by atoms with Crippen molar-refractivity contribution in [3.05, 3.63) is 0 Å². The molecule has 3 aliphatic heterocycles. The molecule has 16 heavy (non-hydrogen) atoms. The molecule has 3 rings (SSSR count). The fourth-order valence-corrected chi connectivity index (χ4v) is 3.88. The SMILES string of the molecule is C[C@@H]1CS[C@H]2CC[C@H](NC3OCO3)C(=O)N12. The fourth-order valence-electron chi connectivity index (χ4n) is 2.44. The Bertz CT molecular complexity index is 298. The summed E-state index contributed by atoms with van der Waals surface area (Å²) in [7, 11) is 0. The first-order chi connectivity index (χ1) is 7.75. The van der Waals surface area contributed by atoms with Gasteiger partial charge in [-0.3, -0.25) is 10.1 Å². The summed E-state index contributed by atoms with van der Waals surface area (Å²) in [6, 6.07) is 0.220. The maximum atomic E-state index is 12.2. The van der Waals surface area contributed by atoms with Crippen molar-refractivity contribution in [3.63, 3.8) is 0 Å². The Morgan fingerprint density at radius 1 is 1.44 bits per heavy atom. The van der Waals surface area contributed by atoms with Crippen molar-refractivity contribution < 1.29 is 14.3 Å². The molecule has 6 heteroatoms. The van der Waals surface area contributed by atoms with Crippen LogP contribution < -0.4 is 5.32 Å². The third-order valence-corrected chi connectivity index (χ3v) is 4.87. The number of piperidine rings is 1. The number of amides is 1. The van der Waals surface area contributed by atoms with Crippen LogP contribution in [-0.2, 0) is 14.3 Å². The zero-order chi connectivity index (χ0) is 11.1. The van der Waals surface area contributed by atoms with Crippen LogP contribution in [0.5, 0.6) is 0 Å². The van der Waals surface area contributed by atoms with Crippen molar-refractivity contribution >= 4 is 17.7 Å². The van der Waals surface area contributed by atoms with Gasteiger partial charge in [0.05, 0.1) is 11.4 Å². The van der Waals surface area contributed by atoms with E-state index < -0.39 is 0 Å². The summed E-state index contributed by atoms with van der Waals surface area (Å²) in [5.41, 5.74) is 0. The van der Waals surface area contributed by atoms with Gasteiger partial charge in [-0.2, -0.15) is 0 Å². The number of thioether (sulfide) groups is 1. The molecule has 3 fully saturated rings. The highest BCUT2D eigenvalue weighted by atomic mass is 32.2. The molecule has 0 unspecified atom stereocenters. The number of ether oxygens (including phenoxy) is 2. The summed E-state index contributed by atoms with van der Waals surface area (Å²) < 4.78 is 10.2. The van der Waals surface area contributed by atoms with Crippen LogP contribution in [0.1, 0.15) is 19.8 Å². The minimum Gasteiger partial charge on any atom is -0.326 e. The summed E-state index contributed by atoms with van der Waals surface area (Å²) in [5.74, 6) is 1.26. The number of hydrogen-bond donors (Lipinski definition) is 1. The second kappa shape index (κ2) is 4.18. The first-order valence-corrected chi connectivity index (χ1v) is 6.73. The van der Waals surface area contributed by atoms with Crippen molar-refractivity contribution in [2.24, 2.45) is 0 Å². The first-order valence-electron chi connectivity index (χ1n) is 5.69. The van der Waals surface area contributed by atoms with E-state index in [0.717, 1.165) is 18.6 Å². The molecule has 3 heterocycles. The van der Waals surface area contributed by atoms with E-state index in [-0.39, 0.29) is 18.4 Å². The van der Waals surface area contributed by atoms with Crippen molar-refractivity contribution in [1.82, 2.24) is 10.2 Å². The van der Waals surface area contributed by atoms with E-state index in [1.165, 1.54) is 0 Å². The molecule has 3 aliphatic rings. The van der Waals surface area contributed by atoms with Gasteiger partial charge in [0.25, 0.3) is 0 Å². The molecule has 1 N–H and O–H groups in total. The Morgan fingerprint density at radius 3 is 2.94 bits per heavy atom. The van der Waals surface area contributed by atoms with Gasteiger partial charge in [-0.25, -0.2) is 0 Å². The zero-order valence-electron chi connectivity index (χ0n) is 9.22. The molecule has 0 aliphatic carbocycles. The number of hydrogen-bond acceptors (Lipinski definition) is 5. The summed E-state index contributed by atoms with van der Waals surface area (Å²) in [5, 5.41) is 3.49. The highest BCUT2D eigenvalue weighted by molar-refractivity contribution is 8.00. The van der Waals surface area contributed by atoms with Gasteiger partial charge in [-0.15, -0.1) is 11.8 Å². The summed E-state index contributed by atoms with van der Waals surface area (Å²) in [6.07, 6.45) is 1.56.